The van der Waals surface area contributed by atoms with Crippen LogP contribution in [0.1, 0.15) is 40.4 Å². The van der Waals surface area contributed by atoms with Gasteiger partial charge in [0.05, 0.1) is 17.5 Å². The number of amides is 1. The highest BCUT2D eigenvalue weighted by molar-refractivity contribution is 5.93. The van der Waals surface area contributed by atoms with Gasteiger partial charge in [0.25, 0.3) is 5.91 Å². The molecule has 1 atom stereocenters. The maximum atomic E-state index is 12.5. The maximum Gasteiger partial charge on any atom is 0.257 e. The summed E-state index contributed by atoms with van der Waals surface area (Å²) in [5.74, 6) is 0.349. The lowest BCUT2D eigenvalue weighted by Gasteiger charge is -2.32. The van der Waals surface area contributed by atoms with E-state index in [2.05, 4.69) is 15.1 Å². The van der Waals surface area contributed by atoms with Crippen LogP contribution in [0.15, 0.2) is 24.9 Å². The molecule has 0 spiro atoms. The van der Waals surface area contributed by atoms with Crippen molar-refractivity contribution in [1.29, 1.82) is 0 Å². The summed E-state index contributed by atoms with van der Waals surface area (Å²) in [5, 5.41) is 4.07. The molecule has 6 nitrogen and oxygen atoms in total. The highest BCUT2D eigenvalue weighted by Gasteiger charge is 2.27. The molecule has 1 aliphatic rings. The number of carbonyl (C=O) groups excluding carboxylic acids is 1. The summed E-state index contributed by atoms with van der Waals surface area (Å²) in [7, 11) is 1.82. The van der Waals surface area contributed by atoms with Crippen molar-refractivity contribution in [3.63, 3.8) is 0 Å². The van der Waals surface area contributed by atoms with Gasteiger partial charge in [0.2, 0.25) is 0 Å². The van der Waals surface area contributed by atoms with Gasteiger partial charge in [0.1, 0.15) is 6.33 Å². The third kappa shape index (κ3) is 2.79. The minimum absolute atomic E-state index is 0.0551. The summed E-state index contributed by atoms with van der Waals surface area (Å²) in [4.78, 5) is 22.9. The normalized spacial score (nSPS) is 18.8. The van der Waals surface area contributed by atoms with Crippen LogP contribution in [0.5, 0.6) is 0 Å². The summed E-state index contributed by atoms with van der Waals surface area (Å²) >= 11 is 0. The fourth-order valence-corrected chi connectivity index (χ4v) is 2.94. The molecular formula is C15H19N5O. The number of carbonyl (C=O) groups is 1. The Morgan fingerprint density at radius 3 is 2.95 bits per heavy atom. The maximum absolute atomic E-state index is 12.5. The van der Waals surface area contributed by atoms with Crippen molar-refractivity contribution in [1.82, 2.24) is 24.6 Å². The second-order valence-electron chi connectivity index (χ2n) is 5.58. The number of aryl methyl sites for hydroxylation is 2. The van der Waals surface area contributed by atoms with E-state index in [1.807, 2.05) is 25.1 Å². The Labute approximate surface area is 123 Å². The molecular weight excluding hydrogens is 266 g/mol. The van der Waals surface area contributed by atoms with Crippen LogP contribution in [0, 0.1) is 6.92 Å². The molecule has 1 fully saturated rings. The number of likely N-dealkylation sites (tertiary alicyclic amines) is 1. The minimum atomic E-state index is 0.0551. The van der Waals surface area contributed by atoms with Crippen molar-refractivity contribution in [3.8, 4) is 0 Å². The molecule has 2 aromatic rings. The van der Waals surface area contributed by atoms with E-state index in [4.69, 9.17) is 0 Å². The molecule has 0 N–H and O–H groups in total. The molecule has 21 heavy (non-hydrogen) atoms. The summed E-state index contributed by atoms with van der Waals surface area (Å²) in [6, 6.07) is 0. The number of piperidine rings is 1. The van der Waals surface area contributed by atoms with Gasteiger partial charge in [-0.1, -0.05) is 0 Å². The van der Waals surface area contributed by atoms with Crippen molar-refractivity contribution in [2.24, 2.45) is 7.05 Å². The van der Waals surface area contributed by atoms with Gasteiger partial charge in [-0.2, -0.15) is 5.10 Å². The third-order valence-corrected chi connectivity index (χ3v) is 3.98. The number of hydrogen-bond donors (Lipinski definition) is 0. The van der Waals surface area contributed by atoms with Crippen LogP contribution in [0.2, 0.25) is 0 Å². The second-order valence-corrected chi connectivity index (χ2v) is 5.58. The van der Waals surface area contributed by atoms with Crippen LogP contribution in [-0.2, 0) is 7.05 Å². The zero-order chi connectivity index (χ0) is 14.8. The van der Waals surface area contributed by atoms with E-state index in [1.165, 1.54) is 0 Å². The summed E-state index contributed by atoms with van der Waals surface area (Å²) in [6.45, 7) is 3.54. The van der Waals surface area contributed by atoms with Gasteiger partial charge >= 0.3 is 0 Å². The largest absolute Gasteiger partial charge is 0.338 e. The van der Waals surface area contributed by atoms with E-state index in [0.29, 0.717) is 18.0 Å². The predicted octanol–water partition coefficient (Wildman–Crippen LogP) is 1.54. The molecule has 1 amide bonds. The van der Waals surface area contributed by atoms with E-state index in [9.17, 15) is 4.79 Å². The van der Waals surface area contributed by atoms with Gasteiger partial charge in [-0.25, -0.2) is 9.97 Å². The van der Waals surface area contributed by atoms with E-state index >= 15 is 0 Å². The molecule has 3 rings (SSSR count). The zero-order valence-electron chi connectivity index (χ0n) is 12.4. The second kappa shape index (κ2) is 5.63. The Hall–Kier alpha value is -2.24. The monoisotopic (exact) mass is 285 g/mol. The molecule has 6 heteroatoms. The van der Waals surface area contributed by atoms with Crippen molar-refractivity contribution in [3.05, 3.63) is 41.7 Å². The Balaban J connectivity index is 1.77. The Bertz CT molecular complexity index is 651. The van der Waals surface area contributed by atoms with Crippen LogP contribution < -0.4 is 0 Å². The van der Waals surface area contributed by atoms with Crippen molar-refractivity contribution in [2.75, 3.05) is 13.1 Å². The van der Waals surface area contributed by atoms with E-state index in [0.717, 1.165) is 30.6 Å². The lowest BCUT2D eigenvalue weighted by Crippen LogP contribution is -2.39. The standard InChI is InChI=1S/C15H19N5O/c1-11-6-16-10-17-14(11)12-4-3-5-20(9-12)15(21)13-7-18-19(2)8-13/h6-8,10,12H,3-5,9H2,1-2H3. The fraction of sp³-hybridized carbons (Fsp3) is 0.467. The Kier molecular flexibility index (Phi) is 3.68. The number of aromatic nitrogens is 4. The average molecular weight is 285 g/mol. The first-order valence-electron chi connectivity index (χ1n) is 7.19. The van der Waals surface area contributed by atoms with Crippen LogP contribution in [0.25, 0.3) is 0 Å². The van der Waals surface area contributed by atoms with Gasteiger partial charge in [0, 0.05) is 38.4 Å². The molecule has 2 aromatic heterocycles. The Morgan fingerprint density at radius 1 is 1.38 bits per heavy atom. The van der Waals surface area contributed by atoms with Crippen LogP contribution in [-0.4, -0.2) is 43.6 Å². The zero-order valence-corrected chi connectivity index (χ0v) is 12.4. The fourth-order valence-electron chi connectivity index (χ4n) is 2.94. The van der Waals surface area contributed by atoms with E-state index in [1.54, 1.807) is 23.4 Å². The SMILES string of the molecule is Cc1cncnc1C1CCCN(C(=O)c2cnn(C)c2)C1. The number of rotatable bonds is 2. The summed E-state index contributed by atoms with van der Waals surface area (Å²) < 4.78 is 1.66. The molecule has 3 heterocycles. The van der Waals surface area contributed by atoms with Gasteiger partial charge in [-0.3, -0.25) is 9.48 Å². The van der Waals surface area contributed by atoms with Gasteiger partial charge < -0.3 is 4.90 Å². The van der Waals surface area contributed by atoms with Gasteiger partial charge in [0.15, 0.2) is 0 Å². The number of hydrogen-bond acceptors (Lipinski definition) is 4. The van der Waals surface area contributed by atoms with E-state index < -0.39 is 0 Å². The van der Waals surface area contributed by atoms with Crippen molar-refractivity contribution < 1.29 is 4.79 Å². The van der Waals surface area contributed by atoms with Gasteiger partial charge in [-0.15, -0.1) is 0 Å². The first kappa shape index (κ1) is 13.7. The third-order valence-electron chi connectivity index (χ3n) is 3.98. The van der Waals surface area contributed by atoms with Crippen molar-refractivity contribution in [2.45, 2.75) is 25.7 Å². The first-order chi connectivity index (χ1) is 10.1. The lowest BCUT2D eigenvalue weighted by molar-refractivity contribution is 0.0705. The number of nitrogens with zero attached hydrogens (tertiary/aromatic N) is 5. The average Bonchev–Trinajstić information content (AvgIpc) is 2.94. The summed E-state index contributed by atoms with van der Waals surface area (Å²) in [6.07, 6.45) is 8.88. The van der Waals surface area contributed by atoms with E-state index in [-0.39, 0.29) is 5.91 Å². The first-order valence-corrected chi connectivity index (χ1v) is 7.19. The van der Waals surface area contributed by atoms with Crippen LogP contribution in [0.4, 0.5) is 0 Å². The molecule has 0 saturated carbocycles. The lowest BCUT2D eigenvalue weighted by atomic mass is 9.92. The van der Waals surface area contributed by atoms with Crippen molar-refractivity contribution >= 4 is 5.91 Å². The molecule has 0 radical (unpaired) electrons. The molecule has 0 aromatic carbocycles. The highest BCUT2D eigenvalue weighted by Crippen LogP contribution is 2.27. The molecule has 110 valence electrons. The topological polar surface area (TPSA) is 63.9 Å². The quantitative estimate of drug-likeness (QED) is 0.839. The highest BCUT2D eigenvalue weighted by atomic mass is 16.2. The predicted molar refractivity (Wildman–Crippen MR) is 77.9 cm³/mol. The minimum Gasteiger partial charge on any atom is -0.338 e. The summed E-state index contributed by atoms with van der Waals surface area (Å²) in [5.41, 5.74) is 2.81. The van der Waals surface area contributed by atoms with Gasteiger partial charge in [-0.05, 0) is 25.3 Å². The molecule has 1 aliphatic heterocycles. The molecule has 1 unspecified atom stereocenters. The molecule has 0 bridgehead atoms. The molecule has 1 saturated heterocycles. The van der Waals surface area contributed by atoms with Crippen LogP contribution in [0.3, 0.4) is 0 Å². The van der Waals surface area contributed by atoms with Crippen LogP contribution >= 0.6 is 0 Å². The Morgan fingerprint density at radius 2 is 2.24 bits per heavy atom. The molecule has 0 aliphatic carbocycles. The smallest absolute Gasteiger partial charge is 0.257 e.